The molecule has 0 N–H and O–H groups in total. The van der Waals surface area contributed by atoms with Gasteiger partial charge in [0.05, 0.1) is 5.88 Å². The Morgan fingerprint density at radius 2 is 1.64 bits per heavy atom. The summed E-state index contributed by atoms with van der Waals surface area (Å²) in [5.41, 5.74) is 2.23. The lowest BCUT2D eigenvalue weighted by Gasteiger charge is -2.22. The summed E-state index contributed by atoms with van der Waals surface area (Å²) < 4.78 is 6.26. The van der Waals surface area contributed by atoms with E-state index in [0.717, 1.165) is 24.3 Å². The monoisotopic (exact) mass is 339 g/mol. The minimum atomic E-state index is 0. The van der Waals surface area contributed by atoms with E-state index in [1.165, 1.54) is 5.56 Å². The molecule has 0 amide bonds. The Bertz CT molecular complexity index is 546. The van der Waals surface area contributed by atoms with Gasteiger partial charge >= 0.3 is 0 Å². The van der Waals surface area contributed by atoms with E-state index < -0.39 is 0 Å². The number of rotatable bonds is 7. The molecule has 0 saturated heterocycles. The van der Waals surface area contributed by atoms with E-state index >= 15 is 0 Å². The standard InChI is InChI=1S/C18H22ClNO.ClH/c1-20(2)13-12-18(15-8-4-3-5-9-15)21-17-11-7-6-10-16(17)14-19;/h3-11,18H,12-14H2,1-2H3;1H. The largest absolute Gasteiger partial charge is 0.485 e. The summed E-state index contributed by atoms with van der Waals surface area (Å²) in [6.45, 7) is 0.975. The smallest absolute Gasteiger partial charge is 0.125 e. The van der Waals surface area contributed by atoms with Crippen LogP contribution in [0.4, 0.5) is 0 Å². The van der Waals surface area contributed by atoms with E-state index in [0.29, 0.717) is 5.88 Å². The average Bonchev–Trinajstić information content (AvgIpc) is 2.52. The second-order valence-corrected chi connectivity index (χ2v) is 5.62. The van der Waals surface area contributed by atoms with Gasteiger partial charge in [0, 0.05) is 18.5 Å². The van der Waals surface area contributed by atoms with Gasteiger partial charge in [0.25, 0.3) is 0 Å². The number of nitrogens with zero attached hydrogens (tertiary/aromatic N) is 1. The van der Waals surface area contributed by atoms with Gasteiger partial charge in [-0.05, 0) is 25.7 Å². The highest BCUT2D eigenvalue weighted by Crippen LogP contribution is 2.28. The maximum atomic E-state index is 6.26. The predicted molar refractivity (Wildman–Crippen MR) is 96.2 cm³/mol. The van der Waals surface area contributed by atoms with Crippen LogP contribution in [0, 0.1) is 0 Å². The SMILES string of the molecule is CN(C)CCC(Oc1ccccc1CCl)c1ccccc1.Cl. The first-order valence-corrected chi connectivity index (χ1v) is 7.74. The number of hydrogen-bond donors (Lipinski definition) is 0. The molecule has 0 radical (unpaired) electrons. The van der Waals surface area contributed by atoms with Crippen molar-refractivity contribution in [1.29, 1.82) is 0 Å². The van der Waals surface area contributed by atoms with E-state index in [1.807, 2.05) is 30.3 Å². The van der Waals surface area contributed by atoms with Crippen LogP contribution in [0.25, 0.3) is 0 Å². The van der Waals surface area contributed by atoms with Gasteiger partial charge in [0.15, 0.2) is 0 Å². The molecule has 0 saturated carbocycles. The first-order valence-electron chi connectivity index (χ1n) is 7.21. The Balaban J connectivity index is 0.00000242. The number of hydrogen-bond acceptors (Lipinski definition) is 2. The van der Waals surface area contributed by atoms with Crippen LogP contribution >= 0.6 is 24.0 Å². The van der Waals surface area contributed by atoms with Crippen molar-refractivity contribution in [2.75, 3.05) is 20.6 Å². The molecule has 0 bridgehead atoms. The van der Waals surface area contributed by atoms with Gasteiger partial charge < -0.3 is 9.64 Å². The topological polar surface area (TPSA) is 12.5 Å². The molecule has 0 aliphatic heterocycles. The Labute approximate surface area is 144 Å². The number of para-hydroxylation sites is 1. The zero-order valence-corrected chi connectivity index (χ0v) is 14.6. The molecular weight excluding hydrogens is 317 g/mol. The third kappa shape index (κ3) is 5.53. The molecule has 120 valence electrons. The van der Waals surface area contributed by atoms with Crippen molar-refractivity contribution < 1.29 is 4.74 Å². The van der Waals surface area contributed by atoms with Crippen LogP contribution in [-0.4, -0.2) is 25.5 Å². The molecule has 0 aliphatic carbocycles. The summed E-state index contributed by atoms with van der Waals surface area (Å²) in [6, 6.07) is 18.3. The molecule has 0 aliphatic rings. The molecule has 2 nitrogen and oxygen atoms in total. The first-order chi connectivity index (χ1) is 10.2. The van der Waals surface area contributed by atoms with Gasteiger partial charge in [-0.25, -0.2) is 0 Å². The molecule has 0 heterocycles. The Hall–Kier alpha value is -1.22. The lowest BCUT2D eigenvalue weighted by atomic mass is 10.1. The molecule has 0 spiro atoms. The summed E-state index contributed by atoms with van der Waals surface area (Å²) in [4.78, 5) is 2.17. The fourth-order valence-corrected chi connectivity index (χ4v) is 2.44. The third-order valence-electron chi connectivity index (χ3n) is 3.40. The van der Waals surface area contributed by atoms with Gasteiger partial charge in [0.2, 0.25) is 0 Å². The predicted octanol–water partition coefficient (Wildman–Crippen LogP) is 4.92. The number of halogens is 2. The van der Waals surface area contributed by atoms with Crippen LogP contribution < -0.4 is 4.74 Å². The second kappa shape index (κ2) is 9.73. The van der Waals surface area contributed by atoms with Crippen molar-refractivity contribution in [3.05, 3.63) is 65.7 Å². The molecule has 4 heteroatoms. The fourth-order valence-electron chi connectivity index (χ4n) is 2.22. The quantitative estimate of drug-likeness (QED) is 0.664. The lowest BCUT2D eigenvalue weighted by Crippen LogP contribution is -2.19. The summed E-state index contributed by atoms with van der Waals surface area (Å²) in [5.74, 6) is 1.34. The minimum Gasteiger partial charge on any atom is -0.485 e. The highest BCUT2D eigenvalue weighted by atomic mass is 35.5. The highest BCUT2D eigenvalue weighted by molar-refractivity contribution is 6.17. The molecule has 22 heavy (non-hydrogen) atoms. The maximum Gasteiger partial charge on any atom is 0.125 e. The normalized spacial score (nSPS) is 11.8. The van der Waals surface area contributed by atoms with E-state index in [9.17, 15) is 0 Å². The van der Waals surface area contributed by atoms with Crippen LogP contribution in [0.15, 0.2) is 54.6 Å². The third-order valence-corrected chi connectivity index (χ3v) is 3.68. The van der Waals surface area contributed by atoms with Gasteiger partial charge in [-0.15, -0.1) is 24.0 Å². The Morgan fingerprint density at radius 1 is 1.00 bits per heavy atom. The number of benzene rings is 2. The number of ether oxygens (including phenoxy) is 1. The molecule has 0 fully saturated rings. The molecule has 2 rings (SSSR count). The van der Waals surface area contributed by atoms with Crippen molar-refractivity contribution >= 4 is 24.0 Å². The van der Waals surface area contributed by atoms with Crippen molar-refractivity contribution in [2.24, 2.45) is 0 Å². The van der Waals surface area contributed by atoms with Crippen LogP contribution in [0.2, 0.25) is 0 Å². The molecule has 1 atom stereocenters. The van der Waals surface area contributed by atoms with E-state index in [-0.39, 0.29) is 18.5 Å². The van der Waals surface area contributed by atoms with Gasteiger partial charge in [-0.1, -0.05) is 48.5 Å². The Kier molecular flexibility index (Phi) is 8.32. The lowest BCUT2D eigenvalue weighted by molar-refractivity contribution is 0.178. The molecule has 0 aromatic heterocycles. The highest BCUT2D eigenvalue weighted by Gasteiger charge is 2.15. The molecule has 1 unspecified atom stereocenters. The van der Waals surface area contributed by atoms with Gasteiger partial charge in [-0.2, -0.15) is 0 Å². The summed E-state index contributed by atoms with van der Waals surface area (Å²) in [5, 5.41) is 0. The summed E-state index contributed by atoms with van der Waals surface area (Å²) in [6.07, 6.45) is 0.978. The summed E-state index contributed by atoms with van der Waals surface area (Å²) in [7, 11) is 4.16. The van der Waals surface area contributed by atoms with E-state index in [2.05, 4.69) is 43.3 Å². The van der Waals surface area contributed by atoms with Crippen molar-refractivity contribution in [3.63, 3.8) is 0 Å². The van der Waals surface area contributed by atoms with Crippen molar-refractivity contribution in [1.82, 2.24) is 4.90 Å². The first kappa shape index (κ1) is 18.8. The van der Waals surface area contributed by atoms with Gasteiger partial charge in [0.1, 0.15) is 11.9 Å². The van der Waals surface area contributed by atoms with Crippen LogP contribution in [0.3, 0.4) is 0 Å². The maximum absolute atomic E-state index is 6.26. The zero-order chi connectivity index (χ0) is 15.1. The van der Waals surface area contributed by atoms with Crippen molar-refractivity contribution in [3.8, 4) is 5.75 Å². The van der Waals surface area contributed by atoms with Crippen LogP contribution in [0.5, 0.6) is 5.75 Å². The van der Waals surface area contributed by atoms with Crippen molar-refractivity contribution in [2.45, 2.75) is 18.4 Å². The van der Waals surface area contributed by atoms with Crippen LogP contribution in [-0.2, 0) is 5.88 Å². The average molecular weight is 340 g/mol. The summed E-state index contributed by atoms with van der Waals surface area (Å²) >= 11 is 6.00. The zero-order valence-electron chi connectivity index (χ0n) is 13.0. The second-order valence-electron chi connectivity index (χ2n) is 5.35. The van der Waals surface area contributed by atoms with Gasteiger partial charge in [-0.3, -0.25) is 0 Å². The number of alkyl halides is 1. The van der Waals surface area contributed by atoms with Crippen LogP contribution in [0.1, 0.15) is 23.7 Å². The molecule has 2 aromatic rings. The van der Waals surface area contributed by atoms with E-state index in [4.69, 9.17) is 16.3 Å². The Morgan fingerprint density at radius 3 is 2.27 bits per heavy atom. The minimum absolute atomic E-state index is 0. The molecule has 2 aromatic carbocycles. The molecular formula is C18H23Cl2NO. The van der Waals surface area contributed by atoms with E-state index in [1.54, 1.807) is 0 Å². The fraction of sp³-hybridized carbons (Fsp3) is 0.333.